The Morgan fingerprint density at radius 1 is 1.15 bits per heavy atom. The largest absolute Gasteiger partial charge is 0.395 e. The highest BCUT2D eigenvalue weighted by Crippen LogP contribution is 1.96. The average molecular weight is 211 g/mol. The Labute approximate surface area is 78.9 Å². The molecule has 0 unspecified atom stereocenters. The van der Waals surface area contributed by atoms with Gasteiger partial charge in [0.05, 0.1) is 12.4 Å². The number of piperidine rings is 1. The molecule has 1 aliphatic rings. The van der Waals surface area contributed by atoms with Gasteiger partial charge in [0.2, 0.25) is 0 Å². The van der Waals surface area contributed by atoms with Crippen LogP contribution in [0, 0.1) is 0 Å². The van der Waals surface area contributed by atoms with Gasteiger partial charge in [-0.3, -0.25) is 4.55 Å². The average Bonchev–Trinajstić information content (AvgIpc) is 2.06. The van der Waals surface area contributed by atoms with Crippen LogP contribution in [0.5, 0.6) is 0 Å². The maximum Gasteiger partial charge on any atom is 0.267 e. The smallest absolute Gasteiger partial charge is 0.267 e. The second-order valence-corrected chi connectivity index (χ2v) is 4.39. The van der Waals surface area contributed by atoms with E-state index in [1.54, 1.807) is 0 Å². The van der Waals surface area contributed by atoms with Crippen molar-refractivity contribution in [1.82, 2.24) is 5.32 Å². The Hall–Kier alpha value is -0.170. The molecule has 1 fully saturated rings. The molecule has 13 heavy (non-hydrogen) atoms. The van der Waals surface area contributed by atoms with Crippen LogP contribution in [-0.2, 0) is 10.1 Å². The quantitative estimate of drug-likeness (QED) is 0.542. The maximum atomic E-state index is 9.63. The first-order valence-corrected chi connectivity index (χ1v) is 5.94. The van der Waals surface area contributed by atoms with Crippen LogP contribution in [0.1, 0.15) is 19.3 Å². The Morgan fingerprint density at radius 3 is 1.77 bits per heavy atom. The van der Waals surface area contributed by atoms with E-state index in [1.807, 2.05) is 0 Å². The summed E-state index contributed by atoms with van der Waals surface area (Å²) in [6, 6.07) is 0. The van der Waals surface area contributed by atoms with Gasteiger partial charge in [-0.2, -0.15) is 8.42 Å². The number of hydrogen-bond acceptors (Lipinski definition) is 4. The van der Waals surface area contributed by atoms with Gasteiger partial charge in [-0.25, -0.2) is 0 Å². The highest BCUT2D eigenvalue weighted by molar-refractivity contribution is 7.85. The van der Waals surface area contributed by atoms with Crippen LogP contribution in [0.3, 0.4) is 0 Å². The van der Waals surface area contributed by atoms with Crippen LogP contribution < -0.4 is 5.32 Å². The lowest BCUT2D eigenvalue weighted by Gasteiger charge is -2.08. The van der Waals surface area contributed by atoms with Gasteiger partial charge in [0, 0.05) is 0 Å². The minimum atomic E-state index is -3.92. The number of nitrogens with one attached hydrogen (secondary N) is 1. The fourth-order valence-electron chi connectivity index (χ4n) is 0.917. The van der Waals surface area contributed by atoms with E-state index in [9.17, 15) is 8.42 Å². The van der Waals surface area contributed by atoms with Crippen molar-refractivity contribution in [2.75, 3.05) is 25.4 Å². The van der Waals surface area contributed by atoms with Crippen LogP contribution in [0.2, 0.25) is 0 Å². The molecule has 0 spiro atoms. The highest BCUT2D eigenvalue weighted by atomic mass is 32.2. The van der Waals surface area contributed by atoms with Crippen molar-refractivity contribution in [1.29, 1.82) is 0 Å². The SMILES string of the molecule is C1CCNCC1.O=S(=O)(O)CCO. The molecule has 1 rings (SSSR count). The van der Waals surface area contributed by atoms with Crippen molar-refractivity contribution >= 4 is 10.1 Å². The first-order valence-electron chi connectivity index (χ1n) is 4.33. The van der Waals surface area contributed by atoms with Gasteiger partial charge in [-0.1, -0.05) is 6.42 Å². The van der Waals surface area contributed by atoms with Crippen LogP contribution in [0.25, 0.3) is 0 Å². The van der Waals surface area contributed by atoms with Gasteiger partial charge < -0.3 is 10.4 Å². The first-order chi connectivity index (χ1) is 6.06. The first kappa shape index (κ1) is 12.8. The van der Waals surface area contributed by atoms with E-state index in [0.29, 0.717) is 0 Å². The summed E-state index contributed by atoms with van der Waals surface area (Å²) in [5.74, 6) is -0.576. The summed E-state index contributed by atoms with van der Waals surface area (Å²) in [5.41, 5.74) is 0. The molecule has 0 aromatic carbocycles. The minimum Gasteiger partial charge on any atom is -0.395 e. The normalized spacial score (nSPS) is 17.4. The molecular formula is C7H17NO4S. The van der Waals surface area contributed by atoms with E-state index in [0.717, 1.165) is 0 Å². The lowest BCUT2D eigenvalue weighted by Crippen LogP contribution is -2.21. The van der Waals surface area contributed by atoms with Crippen molar-refractivity contribution in [3.63, 3.8) is 0 Å². The third-order valence-corrected chi connectivity index (χ3v) is 2.25. The lowest BCUT2D eigenvalue weighted by molar-refractivity contribution is 0.315. The van der Waals surface area contributed by atoms with E-state index in [2.05, 4.69) is 5.32 Å². The molecule has 0 aliphatic carbocycles. The van der Waals surface area contributed by atoms with E-state index in [4.69, 9.17) is 9.66 Å². The standard InChI is InChI=1S/C5H11N.C2H6O4S/c1-2-4-6-5-3-1;3-1-2-7(4,5)6/h6H,1-5H2;3H,1-2H2,(H,4,5,6). The molecular weight excluding hydrogens is 194 g/mol. The van der Waals surface area contributed by atoms with Crippen molar-refractivity contribution < 1.29 is 18.1 Å². The summed E-state index contributed by atoms with van der Waals surface area (Å²) in [5, 5.41) is 11.1. The zero-order valence-corrected chi connectivity index (χ0v) is 8.39. The van der Waals surface area contributed by atoms with Gasteiger partial charge in [0.25, 0.3) is 10.1 Å². The zero-order chi connectivity index (χ0) is 10.2. The third-order valence-electron chi connectivity index (χ3n) is 1.56. The molecule has 1 aliphatic heterocycles. The predicted octanol–water partition coefficient (Wildman–Crippen LogP) is -0.374. The van der Waals surface area contributed by atoms with Crippen LogP contribution >= 0.6 is 0 Å². The molecule has 3 N–H and O–H groups in total. The zero-order valence-electron chi connectivity index (χ0n) is 7.57. The molecule has 0 amide bonds. The van der Waals surface area contributed by atoms with Gasteiger partial charge in [0.15, 0.2) is 0 Å². The van der Waals surface area contributed by atoms with Gasteiger partial charge >= 0.3 is 0 Å². The van der Waals surface area contributed by atoms with Crippen molar-refractivity contribution in [3.8, 4) is 0 Å². The Bertz CT molecular complexity index is 187. The number of aliphatic hydroxyl groups is 1. The molecule has 0 aromatic rings. The van der Waals surface area contributed by atoms with Crippen LogP contribution in [0.15, 0.2) is 0 Å². The maximum absolute atomic E-state index is 9.63. The molecule has 80 valence electrons. The summed E-state index contributed by atoms with van der Waals surface area (Å²) in [6.45, 7) is 1.97. The highest BCUT2D eigenvalue weighted by Gasteiger charge is 1.99. The van der Waals surface area contributed by atoms with Crippen molar-refractivity contribution in [2.24, 2.45) is 0 Å². The molecule has 1 heterocycles. The molecule has 5 nitrogen and oxygen atoms in total. The summed E-state index contributed by atoms with van der Waals surface area (Å²) >= 11 is 0. The molecule has 0 atom stereocenters. The fraction of sp³-hybridized carbons (Fsp3) is 1.00. The van der Waals surface area contributed by atoms with E-state index >= 15 is 0 Å². The van der Waals surface area contributed by atoms with E-state index in [1.165, 1.54) is 32.4 Å². The molecule has 0 bridgehead atoms. The molecule has 0 aromatic heterocycles. The summed E-state index contributed by atoms with van der Waals surface area (Å²) < 4.78 is 27.1. The van der Waals surface area contributed by atoms with E-state index in [-0.39, 0.29) is 0 Å². The molecule has 6 heteroatoms. The summed E-state index contributed by atoms with van der Waals surface area (Å²) in [7, 11) is -3.92. The van der Waals surface area contributed by atoms with Crippen molar-refractivity contribution in [3.05, 3.63) is 0 Å². The van der Waals surface area contributed by atoms with Gasteiger partial charge in [0.1, 0.15) is 0 Å². The second-order valence-electron chi connectivity index (χ2n) is 2.82. The third kappa shape index (κ3) is 11.8. The van der Waals surface area contributed by atoms with Gasteiger partial charge in [-0.05, 0) is 25.9 Å². The lowest BCUT2D eigenvalue weighted by atomic mass is 10.2. The monoisotopic (exact) mass is 211 g/mol. The van der Waals surface area contributed by atoms with Crippen LogP contribution in [-0.4, -0.2) is 43.5 Å². The Balaban J connectivity index is 0.000000223. The summed E-state index contributed by atoms with van der Waals surface area (Å²) in [4.78, 5) is 0. The number of rotatable bonds is 2. The number of hydrogen-bond donors (Lipinski definition) is 3. The fourth-order valence-corrected chi connectivity index (χ4v) is 1.15. The topological polar surface area (TPSA) is 86.6 Å². The van der Waals surface area contributed by atoms with Gasteiger partial charge in [-0.15, -0.1) is 0 Å². The van der Waals surface area contributed by atoms with Crippen LogP contribution in [0.4, 0.5) is 0 Å². The minimum absolute atomic E-state index is 0.529. The second kappa shape index (κ2) is 7.25. The molecule has 0 radical (unpaired) electrons. The summed E-state index contributed by atoms with van der Waals surface area (Å²) in [6.07, 6.45) is 4.22. The Kier molecular flexibility index (Phi) is 7.16. The molecule has 1 saturated heterocycles. The van der Waals surface area contributed by atoms with Crippen molar-refractivity contribution in [2.45, 2.75) is 19.3 Å². The Morgan fingerprint density at radius 2 is 1.69 bits per heavy atom. The number of aliphatic hydroxyl groups excluding tert-OH is 1. The van der Waals surface area contributed by atoms with E-state index < -0.39 is 22.5 Å². The molecule has 0 saturated carbocycles. The predicted molar refractivity (Wildman–Crippen MR) is 50.2 cm³/mol.